The van der Waals surface area contributed by atoms with Crippen molar-refractivity contribution in [2.45, 2.75) is 18.8 Å². The normalized spacial score (nSPS) is 16.2. The fraction of sp³-hybridized carbons (Fsp3) is 0.190. The Labute approximate surface area is 181 Å². The molecule has 0 spiro atoms. The van der Waals surface area contributed by atoms with E-state index in [0.717, 1.165) is 17.0 Å². The Balaban J connectivity index is 1.28. The summed E-state index contributed by atoms with van der Waals surface area (Å²) in [7, 11) is 0. The maximum atomic E-state index is 12.8. The topological polar surface area (TPSA) is 89.6 Å². The molecule has 3 aromatic rings. The Hall–Kier alpha value is -3.10. The number of ether oxygens (including phenoxy) is 2. The van der Waals surface area contributed by atoms with Gasteiger partial charge in [-0.05, 0) is 49.2 Å². The van der Waals surface area contributed by atoms with E-state index in [1.165, 1.54) is 11.3 Å². The molecule has 1 atom stereocenters. The maximum absolute atomic E-state index is 12.8. The van der Waals surface area contributed by atoms with Crippen LogP contribution < -0.4 is 20.1 Å². The Morgan fingerprint density at radius 2 is 1.87 bits per heavy atom. The number of anilines is 2. The Kier molecular flexibility index (Phi) is 4.80. The summed E-state index contributed by atoms with van der Waals surface area (Å²) >= 11 is 7.27. The summed E-state index contributed by atoms with van der Waals surface area (Å²) < 4.78 is 10.6. The number of rotatable bonds is 4. The Morgan fingerprint density at radius 3 is 2.70 bits per heavy atom. The third-order valence-corrected chi connectivity index (χ3v) is 6.30. The van der Waals surface area contributed by atoms with Crippen LogP contribution in [0.15, 0.2) is 42.5 Å². The number of thiazole rings is 1. The minimum Gasteiger partial charge on any atom is -0.454 e. The minimum absolute atomic E-state index is 0.131. The van der Waals surface area contributed by atoms with E-state index >= 15 is 0 Å². The number of carbonyl (C=O) groups is 2. The highest BCUT2D eigenvalue weighted by molar-refractivity contribution is 7.16. The van der Waals surface area contributed by atoms with Crippen molar-refractivity contribution < 1.29 is 19.1 Å². The number of benzene rings is 2. The second kappa shape index (κ2) is 7.62. The minimum atomic E-state index is -0.358. The molecule has 7 nitrogen and oxygen atoms in total. The van der Waals surface area contributed by atoms with Gasteiger partial charge in [0.2, 0.25) is 12.7 Å². The number of aryl methyl sites for hydroxylation is 1. The zero-order valence-corrected chi connectivity index (χ0v) is 17.2. The van der Waals surface area contributed by atoms with Crippen molar-refractivity contribution in [2.75, 3.05) is 17.4 Å². The van der Waals surface area contributed by atoms with Crippen LogP contribution in [0.5, 0.6) is 11.5 Å². The number of hydrogen-bond donors (Lipinski definition) is 2. The van der Waals surface area contributed by atoms with Gasteiger partial charge in [0.1, 0.15) is 0 Å². The van der Waals surface area contributed by atoms with Crippen LogP contribution in [0.25, 0.3) is 0 Å². The molecule has 1 aromatic heterocycles. The third-order valence-electron chi connectivity index (χ3n) is 5.00. The van der Waals surface area contributed by atoms with E-state index in [1.807, 2.05) is 0 Å². The fourth-order valence-electron chi connectivity index (χ4n) is 3.51. The SMILES string of the molecule is O=C(Nc1nc2c(s1)CCC2C(=O)Nc1ccc2c(c1)OCO2)c1ccc(Cl)cc1. The molecule has 2 aliphatic rings. The highest BCUT2D eigenvalue weighted by Gasteiger charge is 2.33. The second-order valence-corrected chi connectivity index (χ2v) is 8.46. The van der Waals surface area contributed by atoms with E-state index in [2.05, 4.69) is 15.6 Å². The fourth-order valence-corrected chi connectivity index (χ4v) is 4.67. The molecule has 5 rings (SSSR count). The van der Waals surface area contributed by atoms with Gasteiger partial charge in [-0.2, -0.15) is 0 Å². The van der Waals surface area contributed by atoms with Crippen molar-refractivity contribution in [1.29, 1.82) is 0 Å². The summed E-state index contributed by atoms with van der Waals surface area (Å²) in [5, 5.41) is 6.79. The van der Waals surface area contributed by atoms with Gasteiger partial charge in [0.05, 0.1) is 11.6 Å². The molecule has 0 radical (unpaired) electrons. The first-order valence-corrected chi connectivity index (χ1v) is 10.5. The molecule has 30 heavy (non-hydrogen) atoms. The molecule has 1 aliphatic carbocycles. The van der Waals surface area contributed by atoms with Gasteiger partial charge in [-0.25, -0.2) is 4.98 Å². The van der Waals surface area contributed by atoms with Crippen LogP contribution in [0.3, 0.4) is 0 Å². The first-order valence-electron chi connectivity index (χ1n) is 9.34. The van der Waals surface area contributed by atoms with Crippen molar-refractivity contribution in [1.82, 2.24) is 4.98 Å². The molecular formula is C21H16ClN3O4S. The molecule has 1 aliphatic heterocycles. The molecule has 2 N–H and O–H groups in total. The molecule has 0 bridgehead atoms. The lowest BCUT2D eigenvalue weighted by atomic mass is 10.1. The Bertz CT molecular complexity index is 1150. The number of aromatic nitrogens is 1. The van der Waals surface area contributed by atoms with Crippen molar-refractivity contribution in [3.8, 4) is 11.5 Å². The molecule has 0 saturated heterocycles. The average molecular weight is 442 g/mol. The van der Waals surface area contributed by atoms with Crippen LogP contribution in [0.1, 0.15) is 33.3 Å². The first kappa shape index (κ1) is 18.9. The van der Waals surface area contributed by atoms with Gasteiger partial charge < -0.3 is 14.8 Å². The molecule has 152 valence electrons. The molecule has 1 unspecified atom stereocenters. The summed E-state index contributed by atoms with van der Waals surface area (Å²) in [5.41, 5.74) is 1.86. The van der Waals surface area contributed by atoms with Gasteiger partial charge in [-0.15, -0.1) is 11.3 Å². The van der Waals surface area contributed by atoms with Crippen molar-refractivity contribution in [2.24, 2.45) is 0 Å². The number of nitrogens with one attached hydrogen (secondary N) is 2. The van der Waals surface area contributed by atoms with Crippen molar-refractivity contribution in [3.05, 3.63) is 63.6 Å². The smallest absolute Gasteiger partial charge is 0.257 e. The number of hydrogen-bond acceptors (Lipinski definition) is 6. The van der Waals surface area contributed by atoms with Gasteiger partial charge in [-0.3, -0.25) is 14.9 Å². The monoisotopic (exact) mass is 441 g/mol. The largest absolute Gasteiger partial charge is 0.454 e. The van der Waals surface area contributed by atoms with Crippen molar-refractivity contribution in [3.63, 3.8) is 0 Å². The second-order valence-electron chi connectivity index (χ2n) is 6.94. The average Bonchev–Trinajstić information content (AvgIpc) is 3.43. The van der Waals surface area contributed by atoms with Crippen molar-refractivity contribution >= 4 is 45.6 Å². The van der Waals surface area contributed by atoms with E-state index in [-0.39, 0.29) is 24.5 Å². The summed E-state index contributed by atoms with van der Waals surface area (Å²) in [6.07, 6.45) is 1.44. The highest BCUT2D eigenvalue weighted by atomic mass is 35.5. The van der Waals surface area contributed by atoms with Crippen LogP contribution in [0, 0.1) is 0 Å². The molecule has 9 heteroatoms. The van der Waals surface area contributed by atoms with Crippen LogP contribution in [0.4, 0.5) is 10.8 Å². The molecule has 2 heterocycles. The number of amides is 2. The summed E-state index contributed by atoms with van der Waals surface area (Å²) in [5.74, 6) is 0.522. The van der Waals surface area contributed by atoms with E-state index in [4.69, 9.17) is 21.1 Å². The predicted molar refractivity (Wildman–Crippen MR) is 114 cm³/mol. The quantitative estimate of drug-likeness (QED) is 0.624. The van der Waals surface area contributed by atoms with Gasteiger partial charge in [0.25, 0.3) is 5.91 Å². The van der Waals surface area contributed by atoms with Gasteiger partial charge >= 0.3 is 0 Å². The predicted octanol–water partition coefficient (Wildman–Crippen LogP) is 4.45. The summed E-state index contributed by atoms with van der Waals surface area (Å²) in [6, 6.07) is 11.9. The van der Waals surface area contributed by atoms with Gasteiger partial charge in [0, 0.05) is 27.2 Å². The van der Waals surface area contributed by atoms with Crippen LogP contribution in [0.2, 0.25) is 5.02 Å². The molecular weight excluding hydrogens is 426 g/mol. The number of nitrogens with zero attached hydrogens (tertiary/aromatic N) is 1. The lowest BCUT2D eigenvalue weighted by molar-refractivity contribution is -0.117. The third kappa shape index (κ3) is 3.59. The van der Waals surface area contributed by atoms with E-state index < -0.39 is 0 Å². The molecule has 2 amide bonds. The maximum Gasteiger partial charge on any atom is 0.257 e. The zero-order valence-electron chi connectivity index (χ0n) is 15.6. The summed E-state index contributed by atoms with van der Waals surface area (Å²) in [6.45, 7) is 0.183. The van der Waals surface area contributed by atoms with E-state index in [1.54, 1.807) is 42.5 Å². The standard InChI is InChI=1S/C21H16ClN3O4S/c22-12-3-1-11(2-4-12)19(26)25-21-24-18-14(6-8-17(18)30-21)20(27)23-13-5-7-15-16(9-13)29-10-28-15/h1-5,7,9,14H,6,8,10H2,(H,23,27)(H,24,25,26). The van der Waals surface area contributed by atoms with Crippen LogP contribution in [-0.4, -0.2) is 23.6 Å². The Morgan fingerprint density at radius 1 is 1.07 bits per heavy atom. The number of fused-ring (bicyclic) bond motifs is 2. The first-order chi connectivity index (χ1) is 14.6. The van der Waals surface area contributed by atoms with Gasteiger partial charge in [0.15, 0.2) is 16.6 Å². The number of halogens is 1. The lowest BCUT2D eigenvalue weighted by Gasteiger charge is -2.11. The lowest BCUT2D eigenvalue weighted by Crippen LogP contribution is -2.20. The van der Waals surface area contributed by atoms with Crippen LogP contribution >= 0.6 is 22.9 Å². The zero-order chi connectivity index (χ0) is 20.7. The van der Waals surface area contributed by atoms with Crippen LogP contribution in [-0.2, 0) is 11.2 Å². The number of carbonyl (C=O) groups excluding carboxylic acids is 2. The summed E-state index contributed by atoms with van der Waals surface area (Å²) in [4.78, 5) is 30.8. The van der Waals surface area contributed by atoms with Gasteiger partial charge in [-0.1, -0.05) is 11.6 Å². The highest BCUT2D eigenvalue weighted by Crippen LogP contribution is 2.40. The molecule has 0 saturated carbocycles. The van der Waals surface area contributed by atoms with E-state index in [9.17, 15) is 9.59 Å². The molecule has 2 aromatic carbocycles. The molecule has 0 fully saturated rings. The van der Waals surface area contributed by atoms with E-state index in [0.29, 0.717) is 39.3 Å².